The molecule has 100 valence electrons. The molecule has 1 N–H and O–H groups in total. The normalized spacial score (nSPS) is 17.8. The molecule has 18 heavy (non-hydrogen) atoms. The van der Waals surface area contributed by atoms with Gasteiger partial charge in [-0.25, -0.2) is 0 Å². The number of nitrogens with one attached hydrogen (secondary N) is 1. The Morgan fingerprint density at radius 1 is 1.50 bits per heavy atom. The van der Waals surface area contributed by atoms with E-state index in [4.69, 9.17) is 4.52 Å². The first-order valence-electron chi connectivity index (χ1n) is 6.61. The summed E-state index contributed by atoms with van der Waals surface area (Å²) in [5.41, 5.74) is 0.839. The smallest absolute Gasteiger partial charge is 0.239 e. The SMILES string of the molecule is Cc1cc(CNC(C)C(=O)N2CCCCC2)no1. The lowest BCUT2D eigenvalue weighted by Crippen LogP contribution is -2.46. The van der Waals surface area contributed by atoms with E-state index >= 15 is 0 Å². The number of hydrogen-bond donors (Lipinski definition) is 1. The highest BCUT2D eigenvalue weighted by Gasteiger charge is 2.21. The van der Waals surface area contributed by atoms with Gasteiger partial charge in [-0.2, -0.15) is 0 Å². The Morgan fingerprint density at radius 3 is 2.83 bits per heavy atom. The van der Waals surface area contributed by atoms with E-state index in [0.717, 1.165) is 37.4 Å². The number of rotatable bonds is 4. The summed E-state index contributed by atoms with van der Waals surface area (Å²) in [5, 5.41) is 7.09. The summed E-state index contributed by atoms with van der Waals surface area (Å²) in [5.74, 6) is 0.983. The summed E-state index contributed by atoms with van der Waals surface area (Å²) in [6.07, 6.45) is 3.49. The number of aryl methyl sites for hydroxylation is 1. The molecule has 1 aliphatic heterocycles. The van der Waals surface area contributed by atoms with Crippen LogP contribution in [0.5, 0.6) is 0 Å². The molecule has 5 heteroatoms. The Hall–Kier alpha value is -1.36. The topological polar surface area (TPSA) is 58.4 Å². The third kappa shape index (κ3) is 3.32. The lowest BCUT2D eigenvalue weighted by molar-refractivity contribution is -0.133. The highest BCUT2D eigenvalue weighted by Crippen LogP contribution is 2.10. The second-order valence-electron chi connectivity index (χ2n) is 4.92. The van der Waals surface area contributed by atoms with Crippen molar-refractivity contribution < 1.29 is 9.32 Å². The molecule has 2 heterocycles. The highest BCUT2D eigenvalue weighted by atomic mass is 16.5. The molecule has 1 amide bonds. The van der Waals surface area contributed by atoms with Crippen LogP contribution in [0.1, 0.15) is 37.6 Å². The summed E-state index contributed by atoms with van der Waals surface area (Å²) in [6.45, 7) is 6.13. The minimum Gasteiger partial charge on any atom is -0.361 e. The van der Waals surface area contributed by atoms with Crippen molar-refractivity contribution in [2.45, 2.75) is 45.7 Å². The first kappa shape index (κ1) is 13.1. The summed E-state index contributed by atoms with van der Waals surface area (Å²) in [7, 11) is 0. The average Bonchev–Trinajstić information content (AvgIpc) is 2.82. The van der Waals surface area contributed by atoms with Crippen molar-refractivity contribution in [1.29, 1.82) is 0 Å². The number of aromatic nitrogens is 1. The van der Waals surface area contributed by atoms with Crippen LogP contribution in [0.2, 0.25) is 0 Å². The Morgan fingerprint density at radius 2 is 2.22 bits per heavy atom. The van der Waals surface area contributed by atoms with Gasteiger partial charge in [-0.05, 0) is 33.1 Å². The molecule has 0 aromatic carbocycles. The maximum Gasteiger partial charge on any atom is 0.239 e. The standard InChI is InChI=1S/C13H21N3O2/c1-10-8-12(15-18-10)9-14-11(2)13(17)16-6-4-3-5-7-16/h8,11,14H,3-7,9H2,1-2H3. The van der Waals surface area contributed by atoms with Crippen molar-refractivity contribution in [3.63, 3.8) is 0 Å². The Labute approximate surface area is 108 Å². The fourth-order valence-corrected chi connectivity index (χ4v) is 2.23. The average molecular weight is 251 g/mol. The van der Waals surface area contributed by atoms with Gasteiger partial charge in [0.15, 0.2) is 0 Å². The lowest BCUT2D eigenvalue weighted by atomic mass is 10.1. The van der Waals surface area contributed by atoms with Gasteiger partial charge in [0.25, 0.3) is 0 Å². The first-order valence-corrected chi connectivity index (χ1v) is 6.61. The maximum absolute atomic E-state index is 12.1. The molecule has 1 atom stereocenters. The van der Waals surface area contributed by atoms with Crippen molar-refractivity contribution in [2.75, 3.05) is 13.1 Å². The van der Waals surface area contributed by atoms with Crippen molar-refractivity contribution in [3.8, 4) is 0 Å². The fraction of sp³-hybridized carbons (Fsp3) is 0.692. The Kier molecular flexibility index (Phi) is 4.36. The molecular weight excluding hydrogens is 230 g/mol. The predicted molar refractivity (Wildman–Crippen MR) is 68.0 cm³/mol. The summed E-state index contributed by atoms with van der Waals surface area (Å²) < 4.78 is 4.99. The predicted octanol–water partition coefficient (Wildman–Crippen LogP) is 1.47. The van der Waals surface area contributed by atoms with Gasteiger partial charge in [-0.3, -0.25) is 4.79 Å². The molecule has 0 aliphatic carbocycles. The molecular formula is C13H21N3O2. The highest BCUT2D eigenvalue weighted by molar-refractivity contribution is 5.81. The van der Waals surface area contributed by atoms with E-state index in [1.165, 1.54) is 6.42 Å². The van der Waals surface area contributed by atoms with Crippen molar-refractivity contribution >= 4 is 5.91 Å². The molecule has 2 rings (SSSR count). The van der Waals surface area contributed by atoms with Crippen molar-refractivity contribution in [3.05, 3.63) is 17.5 Å². The monoisotopic (exact) mass is 251 g/mol. The number of likely N-dealkylation sites (tertiary alicyclic amines) is 1. The van der Waals surface area contributed by atoms with Gasteiger partial charge in [0.1, 0.15) is 5.76 Å². The third-order valence-electron chi connectivity index (χ3n) is 3.30. The third-order valence-corrected chi connectivity index (χ3v) is 3.30. The summed E-state index contributed by atoms with van der Waals surface area (Å²) >= 11 is 0. The molecule has 1 aromatic heterocycles. The van der Waals surface area contributed by atoms with Gasteiger partial charge in [-0.15, -0.1) is 0 Å². The maximum atomic E-state index is 12.1. The number of piperidine rings is 1. The molecule has 0 bridgehead atoms. The lowest BCUT2D eigenvalue weighted by Gasteiger charge is -2.29. The van der Waals surface area contributed by atoms with Crippen LogP contribution in [0, 0.1) is 6.92 Å². The van der Waals surface area contributed by atoms with Crippen molar-refractivity contribution in [1.82, 2.24) is 15.4 Å². The van der Waals surface area contributed by atoms with Crippen LogP contribution in [0.3, 0.4) is 0 Å². The molecule has 1 fully saturated rings. The van der Waals surface area contributed by atoms with E-state index in [0.29, 0.717) is 6.54 Å². The Bertz CT molecular complexity index is 397. The second-order valence-corrected chi connectivity index (χ2v) is 4.92. The van der Waals surface area contributed by atoms with Crippen LogP contribution in [-0.2, 0) is 11.3 Å². The molecule has 0 spiro atoms. The zero-order valence-corrected chi connectivity index (χ0v) is 11.1. The largest absolute Gasteiger partial charge is 0.361 e. The molecule has 1 unspecified atom stereocenters. The number of carbonyl (C=O) groups excluding carboxylic acids is 1. The molecule has 0 saturated carbocycles. The summed E-state index contributed by atoms with van der Waals surface area (Å²) in [6, 6.07) is 1.71. The van der Waals surface area contributed by atoms with Gasteiger partial charge in [0.05, 0.1) is 11.7 Å². The molecule has 5 nitrogen and oxygen atoms in total. The molecule has 1 aromatic rings. The second kappa shape index (κ2) is 6.00. The van der Waals surface area contributed by atoms with E-state index in [9.17, 15) is 4.79 Å². The zero-order valence-electron chi connectivity index (χ0n) is 11.1. The van der Waals surface area contributed by atoms with Crippen molar-refractivity contribution in [2.24, 2.45) is 0 Å². The van der Waals surface area contributed by atoms with Gasteiger partial charge in [-0.1, -0.05) is 5.16 Å². The number of hydrogen-bond acceptors (Lipinski definition) is 4. The Balaban J connectivity index is 1.79. The molecule has 1 aliphatic rings. The van der Waals surface area contributed by atoms with E-state index in [-0.39, 0.29) is 11.9 Å². The van der Waals surface area contributed by atoms with E-state index in [2.05, 4.69) is 10.5 Å². The van der Waals surface area contributed by atoms with Gasteiger partial charge in [0, 0.05) is 25.7 Å². The minimum absolute atomic E-state index is 0.167. The van der Waals surface area contributed by atoms with Crippen LogP contribution < -0.4 is 5.32 Å². The van der Waals surface area contributed by atoms with Crippen LogP contribution >= 0.6 is 0 Å². The van der Waals surface area contributed by atoms with Crippen LogP contribution in [0.25, 0.3) is 0 Å². The van der Waals surface area contributed by atoms with E-state index in [1.54, 1.807) is 0 Å². The van der Waals surface area contributed by atoms with Gasteiger partial charge in [0.2, 0.25) is 5.91 Å². The first-order chi connectivity index (χ1) is 8.66. The fourth-order valence-electron chi connectivity index (χ4n) is 2.23. The van der Waals surface area contributed by atoms with Crippen LogP contribution in [0.15, 0.2) is 10.6 Å². The summed E-state index contributed by atoms with van der Waals surface area (Å²) in [4.78, 5) is 14.1. The molecule has 0 radical (unpaired) electrons. The minimum atomic E-state index is -0.167. The van der Waals surface area contributed by atoms with E-state index in [1.807, 2.05) is 24.8 Å². The van der Waals surface area contributed by atoms with Gasteiger partial charge < -0.3 is 14.7 Å². The van der Waals surface area contributed by atoms with Gasteiger partial charge >= 0.3 is 0 Å². The number of carbonyl (C=O) groups is 1. The van der Waals surface area contributed by atoms with Crippen LogP contribution in [0.4, 0.5) is 0 Å². The molecule has 1 saturated heterocycles. The number of nitrogens with zero attached hydrogens (tertiary/aromatic N) is 2. The number of amides is 1. The van der Waals surface area contributed by atoms with E-state index < -0.39 is 0 Å². The van der Waals surface area contributed by atoms with Crippen LogP contribution in [-0.4, -0.2) is 35.1 Å². The zero-order chi connectivity index (χ0) is 13.0. The quantitative estimate of drug-likeness (QED) is 0.880.